The first-order chi connectivity index (χ1) is 52.4. The number of carbonyl (C=O) groups excluding carboxylic acids is 10. The topological polar surface area (TPSA) is 494 Å². The van der Waals surface area contributed by atoms with E-state index in [0.717, 1.165) is 16.5 Å². The average Bonchev–Trinajstić information content (AvgIpc) is 1.61. The van der Waals surface area contributed by atoms with Crippen molar-refractivity contribution < 1.29 is 82.3 Å². The molecule has 111 heavy (non-hydrogen) atoms. The van der Waals surface area contributed by atoms with Crippen molar-refractivity contribution in [2.24, 2.45) is 56.1 Å². The van der Waals surface area contributed by atoms with E-state index in [0.29, 0.717) is 41.7 Å². The van der Waals surface area contributed by atoms with Crippen LogP contribution in [-0.4, -0.2) is 191 Å². The van der Waals surface area contributed by atoms with E-state index in [1.54, 1.807) is 76.4 Å². The number of carboxylic acid groups (broad SMARTS) is 1. The lowest BCUT2D eigenvalue weighted by Gasteiger charge is -2.37. The zero-order valence-electron chi connectivity index (χ0n) is 64.6. The number of hydrogen-bond donors (Lipinski definition) is 11. The number of benzene rings is 2. The van der Waals surface area contributed by atoms with Crippen molar-refractivity contribution in [3.05, 3.63) is 86.7 Å². The molecule has 0 saturated carbocycles. The van der Waals surface area contributed by atoms with Crippen LogP contribution < -0.4 is 49.8 Å². The van der Waals surface area contributed by atoms with Gasteiger partial charge in [0.25, 0.3) is 5.56 Å². The SMILES string of the molecule is CCc1c2c(nc3ccc(O)cc13)-c1cc3c(c(=O)n1C2)COC(=O)[C@@]3(CC)OC(=O)OCCSSC(C)(C)[C@H](NC(C)=O)C(=O)N1CCC[C@H]1C(=O)N[C@@H](CC(C)C)C(=O)N1CCC[C@H]1C(=O)N[C@@H](CCCN=C(N)N)C(=O)C[C@H](C(=O)N[C@@H](CCCN=C(N)N)C(=O)C[C@@H](Cc1ccc(O)cc1)C(=O)O)C(C)(C)C. The minimum absolute atomic E-state index is 0.00318. The van der Waals surface area contributed by atoms with E-state index in [4.69, 9.17) is 42.1 Å². The van der Waals surface area contributed by atoms with Gasteiger partial charge in [-0.1, -0.05) is 82.2 Å². The van der Waals surface area contributed by atoms with E-state index in [2.05, 4.69) is 31.3 Å². The molecule has 604 valence electrons. The van der Waals surface area contributed by atoms with Gasteiger partial charge in [0, 0.05) is 78.9 Å². The zero-order chi connectivity index (χ0) is 81.6. The van der Waals surface area contributed by atoms with Gasteiger partial charge in [0.15, 0.2) is 23.5 Å². The van der Waals surface area contributed by atoms with Crippen LogP contribution in [0.2, 0.25) is 0 Å². The number of cyclic esters (lactones) is 1. The standard InChI is InChI=1S/C77H106N14O18S2/c1-11-47-48-36-46(94)25-26-53(48)85-62-49(47)39-91-59(62)37-51-50(67(91)100)40-108-71(105)77(51,12-2)109-74(106)107-31-32-110-111-76(9,10)63(84-42(5)92)69(102)90-30-16-20-58(90)66(99)88-56(33-41(3)4)68(101)89-29-15-19-57(89)65(98)87-55(18-14-28-83-73(80)81)61(96)38-52(75(6,7)8)64(97)86-54(17-13-27-82-72(78)79)60(95)35-44(70(103)104)34-43-21-23-45(93)24-22-43/h21-26,36-37,41,44,52,54-58,63,93-94H,11-20,27-35,38-40H2,1-10H3,(H,84,92)(H,86,97)(H,87,98)(H,88,99)(H,103,104)(H4,78,79,82)(H4,80,81,83)/t44-,52-,54+,55+,56+,57+,58+,63-,77+/m1/s1. The van der Waals surface area contributed by atoms with Gasteiger partial charge in [-0.05, 0) is 150 Å². The van der Waals surface area contributed by atoms with Crippen LogP contribution in [0.5, 0.6) is 11.5 Å². The number of fused-ring (bicyclic) bond motifs is 5. The molecule has 0 bridgehead atoms. The Labute approximate surface area is 652 Å². The number of likely N-dealkylation sites (tertiary alicyclic amines) is 2. The second kappa shape index (κ2) is 37.8. The molecule has 34 heteroatoms. The van der Waals surface area contributed by atoms with E-state index in [9.17, 15) is 72.9 Å². The smallest absolute Gasteiger partial charge is 0.508 e. The number of rotatable bonds is 37. The number of aliphatic imine (C=N–C) groups is 2. The molecular formula is C77H106N14O18S2. The van der Waals surface area contributed by atoms with E-state index in [1.807, 2.05) is 20.8 Å². The first-order valence-electron chi connectivity index (χ1n) is 37.6. The number of nitrogens with two attached hydrogens (primary N) is 4. The molecule has 0 spiro atoms. The number of guanidine groups is 2. The number of nitrogens with one attached hydrogen (secondary N) is 4. The van der Waals surface area contributed by atoms with Crippen molar-refractivity contribution in [1.82, 2.24) is 40.6 Å². The Morgan fingerprint density at radius 1 is 0.757 bits per heavy atom. The van der Waals surface area contributed by atoms with Gasteiger partial charge < -0.3 is 88.1 Å². The zero-order valence-corrected chi connectivity index (χ0v) is 66.3. The van der Waals surface area contributed by atoms with Crippen LogP contribution in [0.1, 0.15) is 174 Å². The van der Waals surface area contributed by atoms with Gasteiger partial charge in [-0.3, -0.25) is 57.9 Å². The summed E-state index contributed by atoms with van der Waals surface area (Å²) in [5.41, 5.74) is 23.0. The summed E-state index contributed by atoms with van der Waals surface area (Å²) >= 11 is 0. The fourth-order valence-electron chi connectivity index (χ4n) is 14.8. The summed E-state index contributed by atoms with van der Waals surface area (Å²) in [6.45, 7) is 17.1. The molecule has 2 aromatic heterocycles. The lowest BCUT2D eigenvalue weighted by molar-refractivity contribution is -0.175. The average molecular weight is 1580 g/mol. The Hall–Kier alpha value is -9.99. The third-order valence-electron chi connectivity index (χ3n) is 20.6. The van der Waals surface area contributed by atoms with E-state index in [1.165, 1.54) is 56.5 Å². The van der Waals surface area contributed by atoms with Crippen LogP contribution in [-0.2, 0) is 93.8 Å². The lowest BCUT2D eigenvalue weighted by atomic mass is 9.76. The quantitative estimate of drug-likeness (QED) is 0.00820. The van der Waals surface area contributed by atoms with Crippen molar-refractivity contribution in [2.45, 2.75) is 219 Å². The summed E-state index contributed by atoms with van der Waals surface area (Å²) in [4.78, 5) is 186. The molecule has 2 saturated heterocycles. The molecule has 6 amide bonds. The number of amides is 6. The van der Waals surface area contributed by atoms with Crippen molar-refractivity contribution in [3.63, 3.8) is 0 Å². The summed E-state index contributed by atoms with van der Waals surface area (Å²) < 4.78 is 17.4. The molecule has 2 fully saturated rings. The molecule has 0 radical (unpaired) electrons. The fourth-order valence-corrected chi connectivity index (χ4v) is 17.3. The number of aromatic nitrogens is 2. The monoisotopic (exact) mass is 1580 g/mol. The molecule has 32 nitrogen and oxygen atoms in total. The molecule has 8 rings (SSSR count). The third-order valence-corrected chi connectivity index (χ3v) is 23.9. The molecular weight excluding hydrogens is 1470 g/mol. The number of ketones is 2. The number of esters is 1. The second-order valence-electron chi connectivity index (χ2n) is 30.6. The number of hydrogen-bond acceptors (Lipinski definition) is 22. The Morgan fingerprint density at radius 2 is 1.34 bits per heavy atom. The Bertz CT molecular complexity index is 4290. The first kappa shape index (κ1) is 86.6. The highest BCUT2D eigenvalue weighted by molar-refractivity contribution is 8.77. The van der Waals surface area contributed by atoms with Crippen LogP contribution in [0.25, 0.3) is 22.3 Å². The van der Waals surface area contributed by atoms with Crippen LogP contribution in [0.15, 0.2) is 63.3 Å². The molecule has 4 aliphatic heterocycles. The maximum Gasteiger partial charge on any atom is 0.509 e. The summed E-state index contributed by atoms with van der Waals surface area (Å²) in [5, 5.41) is 42.5. The maximum absolute atomic E-state index is 15.0. The van der Waals surface area contributed by atoms with Crippen LogP contribution in [0, 0.1) is 23.2 Å². The minimum atomic E-state index is -2.06. The van der Waals surface area contributed by atoms with Gasteiger partial charge in [0.1, 0.15) is 48.9 Å². The Balaban J connectivity index is 0.905. The van der Waals surface area contributed by atoms with Gasteiger partial charge in [-0.15, -0.1) is 0 Å². The van der Waals surface area contributed by atoms with E-state index in [-0.39, 0.29) is 150 Å². The van der Waals surface area contributed by atoms with Gasteiger partial charge in [-0.2, -0.15) is 0 Å². The number of phenolic OH excluding ortho intramolecular Hbond substituents is 2. The van der Waals surface area contributed by atoms with Crippen LogP contribution >= 0.6 is 21.6 Å². The van der Waals surface area contributed by atoms with Crippen LogP contribution in [0.3, 0.4) is 0 Å². The molecule has 4 aromatic rings. The Kier molecular flexibility index (Phi) is 29.5. The number of carboxylic acids is 1. The van der Waals surface area contributed by atoms with Crippen molar-refractivity contribution in [3.8, 4) is 22.9 Å². The molecule has 2 aromatic carbocycles. The second-order valence-corrected chi connectivity index (χ2v) is 33.7. The number of phenols is 2. The van der Waals surface area contributed by atoms with Gasteiger partial charge in [-0.25, -0.2) is 14.6 Å². The van der Waals surface area contributed by atoms with Crippen LogP contribution in [0.4, 0.5) is 4.79 Å². The first-order valence-corrected chi connectivity index (χ1v) is 39.9. The summed E-state index contributed by atoms with van der Waals surface area (Å²) in [6, 6.07) is 5.28. The summed E-state index contributed by atoms with van der Waals surface area (Å²) in [7, 11) is 2.41. The highest BCUT2D eigenvalue weighted by Gasteiger charge is 2.52. The highest BCUT2D eigenvalue weighted by Crippen LogP contribution is 2.44. The third kappa shape index (κ3) is 21.6. The number of Topliss-reactive ketones (excluding diaryl/α,β-unsaturated/α-hetero) is 2. The molecule has 0 aliphatic carbocycles. The van der Waals surface area contributed by atoms with E-state index >= 15 is 0 Å². The van der Waals surface area contributed by atoms with Gasteiger partial charge in [0.2, 0.25) is 41.0 Å². The number of aryl methyl sites for hydroxylation is 1. The molecule has 9 atom stereocenters. The van der Waals surface area contributed by atoms with Gasteiger partial charge >= 0.3 is 18.1 Å². The molecule has 6 heterocycles. The summed E-state index contributed by atoms with van der Waals surface area (Å²) in [6.07, 6.45) is -0.0749. The maximum atomic E-state index is 15.0. The lowest BCUT2D eigenvalue weighted by Crippen LogP contribution is -2.61. The highest BCUT2D eigenvalue weighted by atomic mass is 33.1. The fraction of sp³-hybridized carbons (Fsp3) is 0.571. The number of ether oxygens (including phenoxy) is 3. The van der Waals surface area contributed by atoms with Gasteiger partial charge in [0.05, 0.1) is 47.0 Å². The minimum Gasteiger partial charge on any atom is -0.508 e. The number of carbonyl (C=O) groups is 11. The number of aromatic hydroxyl groups is 2. The number of nitrogens with zero attached hydrogens (tertiary/aromatic N) is 6. The van der Waals surface area contributed by atoms with E-state index < -0.39 is 147 Å². The molecule has 15 N–H and O–H groups in total. The molecule has 0 unspecified atom stereocenters. The van der Waals surface area contributed by atoms with Crippen molar-refractivity contribution in [2.75, 3.05) is 38.5 Å². The number of pyridine rings is 2. The normalized spacial score (nSPS) is 18.2. The predicted octanol–water partition coefficient (Wildman–Crippen LogP) is 4.99. The summed E-state index contributed by atoms with van der Waals surface area (Å²) in [5.74, 6) is -9.77. The number of aliphatic carboxylic acids is 1. The Morgan fingerprint density at radius 3 is 1.91 bits per heavy atom. The van der Waals surface area contributed by atoms with Crippen molar-refractivity contribution in [1.29, 1.82) is 0 Å². The van der Waals surface area contributed by atoms with Crippen molar-refractivity contribution >= 4 is 110 Å². The largest absolute Gasteiger partial charge is 0.509 e. The predicted molar refractivity (Wildman–Crippen MR) is 417 cm³/mol. The molecule has 4 aliphatic rings.